The van der Waals surface area contributed by atoms with Crippen LogP contribution in [-0.4, -0.2) is 0 Å². The molecule has 0 aliphatic carbocycles. The number of nitrogens with zero attached hydrogens (tertiary/aromatic N) is 2. The van der Waals surface area contributed by atoms with Crippen molar-refractivity contribution in [1.29, 1.82) is 0 Å². The zero-order valence-electron chi connectivity index (χ0n) is 16.1. The third kappa shape index (κ3) is 6.06. The van der Waals surface area contributed by atoms with Gasteiger partial charge in [-0.2, -0.15) is 0 Å². The van der Waals surface area contributed by atoms with Crippen LogP contribution in [0.3, 0.4) is 0 Å². The second-order valence-corrected chi connectivity index (χ2v) is 7.80. The van der Waals surface area contributed by atoms with Crippen molar-refractivity contribution in [3.63, 3.8) is 0 Å². The summed E-state index contributed by atoms with van der Waals surface area (Å²) in [7, 11) is -0.0574. The van der Waals surface area contributed by atoms with Crippen LogP contribution >= 0.6 is 7.92 Å². The fraction of sp³-hybridized carbons (Fsp3) is 0.227. The van der Waals surface area contributed by atoms with E-state index < -0.39 is 0 Å². The molecule has 0 fully saturated rings. The van der Waals surface area contributed by atoms with Gasteiger partial charge in [-0.3, -0.25) is 0 Å². The van der Waals surface area contributed by atoms with Crippen molar-refractivity contribution >= 4 is 7.92 Å². The minimum Gasteiger partial charge on any atom is -1.00 e. The van der Waals surface area contributed by atoms with E-state index in [0.29, 0.717) is 6.54 Å². The molecule has 0 bridgehead atoms. The maximum absolute atomic E-state index is 10.5. The van der Waals surface area contributed by atoms with Crippen molar-refractivity contribution in [2.45, 2.75) is 32.7 Å². The number of halogens is 2. The van der Waals surface area contributed by atoms with Crippen LogP contribution in [0, 0.1) is 5.63 Å². The molecule has 0 amide bonds. The normalized spacial score (nSPS) is 10.2. The quantitative estimate of drug-likeness (QED) is 0.364. The number of rotatable bonds is 3. The number of hydrogen-bond donors (Lipinski definition) is 0. The summed E-state index contributed by atoms with van der Waals surface area (Å²) in [5.41, 5.74) is 7.70. The van der Waals surface area contributed by atoms with E-state index >= 15 is 0 Å². The fourth-order valence-corrected chi connectivity index (χ4v) is 3.01. The molecular formula is C22H23Cl2N2OP. The van der Waals surface area contributed by atoms with Gasteiger partial charge in [0.1, 0.15) is 0 Å². The van der Waals surface area contributed by atoms with E-state index in [2.05, 4.69) is 91.9 Å². The molecule has 2 heterocycles. The second-order valence-electron chi connectivity index (χ2n) is 7.30. The molecule has 0 saturated heterocycles. The minimum atomic E-state index is -0.0574. The molecule has 0 radical (unpaired) electrons. The Bertz CT molecular complexity index is 991. The molecule has 3 aromatic rings. The van der Waals surface area contributed by atoms with E-state index in [9.17, 15) is 4.57 Å². The van der Waals surface area contributed by atoms with Crippen molar-refractivity contribution in [2.24, 2.45) is 0 Å². The zero-order chi connectivity index (χ0) is 18.6. The molecule has 0 aliphatic rings. The molecule has 0 N–H and O–H groups in total. The van der Waals surface area contributed by atoms with Crippen molar-refractivity contribution in [1.82, 2.24) is 0 Å². The number of hydrogen-bond acceptors (Lipinski definition) is 1. The van der Waals surface area contributed by atoms with Gasteiger partial charge in [-0.25, -0.2) is 0 Å². The van der Waals surface area contributed by atoms with E-state index in [4.69, 9.17) is 0 Å². The zero-order valence-corrected chi connectivity index (χ0v) is 18.5. The molecule has 6 heteroatoms. The summed E-state index contributed by atoms with van der Waals surface area (Å²) >= 11 is 0. The van der Waals surface area contributed by atoms with Gasteiger partial charge in [-0.1, -0.05) is 32.9 Å². The van der Waals surface area contributed by atoms with Gasteiger partial charge in [0, 0.05) is 0 Å². The van der Waals surface area contributed by atoms with E-state index in [1.165, 1.54) is 5.56 Å². The molecule has 2 aromatic heterocycles. The van der Waals surface area contributed by atoms with Crippen molar-refractivity contribution < 1.29 is 38.5 Å². The van der Waals surface area contributed by atoms with Crippen molar-refractivity contribution in [2.75, 3.05) is 0 Å². The van der Waals surface area contributed by atoms with Crippen LogP contribution in [0.5, 0.6) is 0 Å². The van der Waals surface area contributed by atoms with Gasteiger partial charge >= 0.3 is 112 Å². The van der Waals surface area contributed by atoms with E-state index in [0.717, 1.165) is 16.8 Å². The van der Waals surface area contributed by atoms with Crippen LogP contribution in [0.15, 0.2) is 73.3 Å². The number of pyridine rings is 2. The maximum atomic E-state index is 10.5. The SMILES string of the molecule is CC(C)(C)c1ccc(-[n+]2ccc(-c3cc[n+](CC#P=O)cc3)cc2)cc1.[Cl-].[Cl-]. The van der Waals surface area contributed by atoms with E-state index in [-0.39, 0.29) is 38.1 Å². The summed E-state index contributed by atoms with van der Waals surface area (Å²) in [4.78, 5) is 0. The minimum absolute atomic E-state index is 0. The van der Waals surface area contributed by atoms with Crippen LogP contribution in [0.4, 0.5) is 0 Å². The monoisotopic (exact) mass is 432 g/mol. The average Bonchev–Trinajstić information content (AvgIpc) is 2.66. The van der Waals surface area contributed by atoms with Gasteiger partial charge in [0.2, 0.25) is 0 Å². The number of aromatic nitrogens is 2. The fourth-order valence-electron chi connectivity index (χ4n) is 2.79. The Balaban J connectivity index is 0.00000196. The first-order valence-electron chi connectivity index (χ1n) is 8.64. The molecule has 0 saturated carbocycles. The van der Waals surface area contributed by atoms with E-state index in [1.54, 1.807) is 0 Å². The molecule has 146 valence electrons. The molecule has 0 spiro atoms. The Morgan fingerprint density at radius 1 is 0.821 bits per heavy atom. The molecule has 0 atom stereocenters. The summed E-state index contributed by atoms with van der Waals surface area (Å²) in [6, 6.07) is 17.1. The molecular weight excluding hydrogens is 410 g/mol. The molecule has 0 unspecified atom stereocenters. The summed E-state index contributed by atoms with van der Waals surface area (Å²) < 4.78 is 14.5. The van der Waals surface area contributed by atoms with Crippen LogP contribution in [0.25, 0.3) is 16.8 Å². The average molecular weight is 433 g/mol. The molecule has 28 heavy (non-hydrogen) atoms. The number of benzene rings is 1. The first-order chi connectivity index (χ1) is 12.5. The predicted molar refractivity (Wildman–Crippen MR) is 104 cm³/mol. The first-order valence-corrected chi connectivity index (χ1v) is 9.45. The Labute approximate surface area is 180 Å². The first kappa shape index (κ1) is 24.1. The van der Waals surface area contributed by atoms with Crippen molar-refractivity contribution in [3.8, 4) is 22.4 Å². The van der Waals surface area contributed by atoms with Gasteiger partial charge in [0.25, 0.3) is 0 Å². The Morgan fingerprint density at radius 3 is 1.79 bits per heavy atom. The van der Waals surface area contributed by atoms with Crippen molar-refractivity contribution in [3.05, 3.63) is 78.9 Å². The van der Waals surface area contributed by atoms with Crippen LogP contribution in [0.2, 0.25) is 0 Å². The van der Waals surface area contributed by atoms with Crippen LogP contribution in [-0.2, 0) is 16.5 Å². The molecule has 3 nitrogen and oxygen atoms in total. The smallest absolute Gasteiger partial charge is 1.00 e. The van der Waals surface area contributed by atoms with Gasteiger partial charge in [-0.05, 0) is 11.0 Å². The predicted octanol–water partition coefficient (Wildman–Crippen LogP) is -1.53. The second kappa shape index (κ2) is 10.6. The van der Waals surface area contributed by atoms with Crippen LogP contribution in [0.1, 0.15) is 26.3 Å². The molecule has 3 rings (SSSR count). The molecule has 0 aliphatic heterocycles. The standard InChI is InChI=1S/C22H23N2OP.2ClH/c1-22(2,3)20-4-6-21(7-5-20)24-14-10-19(11-15-24)18-8-12-23(13-9-18)16-17-26-25;;/h4-15H,16H2,1-3H3;2*1H/q+2;;/p-2. The summed E-state index contributed by atoms with van der Waals surface area (Å²) in [5, 5.41) is 0. The van der Waals surface area contributed by atoms with Gasteiger partial charge in [-0.15, -0.1) is 0 Å². The van der Waals surface area contributed by atoms with Crippen LogP contribution < -0.4 is 33.9 Å². The summed E-state index contributed by atoms with van der Waals surface area (Å²) in [6.07, 6.45) is 8.11. The summed E-state index contributed by atoms with van der Waals surface area (Å²) in [6.45, 7) is 7.20. The summed E-state index contributed by atoms with van der Waals surface area (Å²) in [5.74, 6) is 0. The van der Waals surface area contributed by atoms with Gasteiger partial charge < -0.3 is 24.8 Å². The van der Waals surface area contributed by atoms with Gasteiger partial charge in [0.15, 0.2) is 0 Å². The topological polar surface area (TPSA) is 24.8 Å². The van der Waals surface area contributed by atoms with Gasteiger partial charge in [0.05, 0.1) is 0 Å². The molecule has 1 aromatic carbocycles. The Morgan fingerprint density at radius 2 is 1.32 bits per heavy atom. The Kier molecular flexibility index (Phi) is 9.14. The van der Waals surface area contributed by atoms with E-state index in [1.807, 2.05) is 17.0 Å². The third-order valence-corrected chi connectivity index (χ3v) is 4.67. The Hall–Kier alpha value is -1.89. The third-order valence-electron chi connectivity index (χ3n) is 4.40.